The zero-order valence-electron chi connectivity index (χ0n) is 10.0. The summed E-state index contributed by atoms with van der Waals surface area (Å²) in [4.78, 5) is 13.2. The number of rotatable bonds is 4. The molecule has 1 atom stereocenters. The summed E-state index contributed by atoms with van der Waals surface area (Å²) < 4.78 is 5.21. The fourth-order valence-corrected chi connectivity index (χ4v) is 1.87. The quantitative estimate of drug-likeness (QED) is 0.791. The molecule has 0 aliphatic rings. The molecule has 0 fully saturated rings. The molecule has 1 aromatic carbocycles. The Balaban J connectivity index is 2.87. The average molecular weight is 276 g/mol. The summed E-state index contributed by atoms with van der Waals surface area (Å²) in [5.74, 6) is 0.574. The van der Waals surface area contributed by atoms with Crippen molar-refractivity contribution in [2.45, 2.75) is 18.8 Å². The van der Waals surface area contributed by atoms with Gasteiger partial charge in [0.15, 0.2) is 0 Å². The van der Waals surface area contributed by atoms with Crippen molar-refractivity contribution in [3.8, 4) is 5.75 Å². The Morgan fingerprint density at radius 3 is 2.71 bits per heavy atom. The molecule has 0 spiro atoms. The van der Waals surface area contributed by atoms with Gasteiger partial charge in [-0.25, -0.2) is 0 Å². The second-order valence-electron chi connectivity index (χ2n) is 3.77. The summed E-state index contributed by atoms with van der Waals surface area (Å²) in [7, 11) is 3.28. The lowest BCUT2D eigenvalue weighted by Crippen LogP contribution is -2.31. The number of benzene rings is 1. The van der Waals surface area contributed by atoms with Crippen LogP contribution >= 0.6 is 23.2 Å². The minimum Gasteiger partial charge on any atom is -0.496 e. The Hall–Kier alpha value is -0.930. The number of carbonyl (C=O) groups excluding carboxylic acids is 1. The molecule has 0 bridgehead atoms. The van der Waals surface area contributed by atoms with Crippen LogP contribution in [0.4, 0.5) is 0 Å². The maximum Gasteiger partial charge on any atom is 0.240 e. The molecule has 0 saturated heterocycles. The van der Waals surface area contributed by atoms with E-state index in [1.54, 1.807) is 44.2 Å². The van der Waals surface area contributed by atoms with Crippen LogP contribution in [-0.2, 0) is 11.3 Å². The van der Waals surface area contributed by atoms with Crippen molar-refractivity contribution in [2.24, 2.45) is 0 Å². The zero-order chi connectivity index (χ0) is 13.0. The van der Waals surface area contributed by atoms with Crippen molar-refractivity contribution in [1.29, 1.82) is 0 Å². The molecule has 0 aliphatic heterocycles. The van der Waals surface area contributed by atoms with Crippen LogP contribution in [0.15, 0.2) is 18.2 Å². The van der Waals surface area contributed by atoms with Crippen LogP contribution < -0.4 is 4.74 Å². The van der Waals surface area contributed by atoms with Gasteiger partial charge in [-0.2, -0.15) is 0 Å². The molecule has 3 nitrogen and oxygen atoms in total. The van der Waals surface area contributed by atoms with Crippen LogP contribution in [0, 0.1) is 0 Å². The highest BCUT2D eigenvalue weighted by atomic mass is 35.5. The van der Waals surface area contributed by atoms with Crippen molar-refractivity contribution in [3.05, 3.63) is 28.8 Å². The minimum absolute atomic E-state index is 0.131. The highest BCUT2D eigenvalue weighted by Crippen LogP contribution is 2.24. The lowest BCUT2D eigenvalue weighted by atomic mass is 10.2. The van der Waals surface area contributed by atoms with Gasteiger partial charge in [-0.3, -0.25) is 4.79 Å². The number of halogens is 2. The smallest absolute Gasteiger partial charge is 0.240 e. The number of carbonyl (C=O) groups is 1. The molecule has 1 aromatic rings. The van der Waals surface area contributed by atoms with Gasteiger partial charge in [0.1, 0.15) is 11.1 Å². The van der Waals surface area contributed by atoms with Crippen molar-refractivity contribution < 1.29 is 9.53 Å². The van der Waals surface area contributed by atoms with Gasteiger partial charge in [-0.1, -0.05) is 11.6 Å². The van der Waals surface area contributed by atoms with Gasteiger partial charge in [-0.15, -0.1) is 11.6 Å². The Morgan fingerprint density at radius 1 is 1.53 bits per heavy atom. The van der Waals surface area contributed by atoms with Crippen LogP contribution in [-0.4, -0.2) is 30.3 Å². The molecule has 0 saturated carbocycles. The molecule has 0 aliphatic carbocycles. The first-order chi connectivity index (χ1) is 7.95. The third kappa shape index (κ3) is 3.79. The molecular formula is C12H15Cl2NO2. The molecule has 1 unspecified atom stereocenters. The van der Waals surface area contributed by atoms with Gasteiger partial charge in [0.2, 0.25) is 5.91 Å². The van der Waals surface area contributed by atoms with Gasteiger partial charge >= 0.3 is 0 Å². The Kier molecular flexibility index (Phi) is 5.09. The van der Waals surface area contributed by atoms with Gasteiger partial charge in [0.25, 0.3) is 0 Å². The standard InChI is InChI=1S/C12H15Cl2NO2/c1-8(13)12(16)15(2)7-9-6-10(14)4-5-11(9)17-3/h4-6,8H,7H2,1-3H3. The highest BCUT2D eigenvalue weighted by Gasteiger charge is 2.16. The van der Waals surface area contributed by atoms with E-state index in [1.165, 1.54) is 0 Å². The first-order valence-corrected chi connectivity index (χ1v) is 5.98. The van der Waals surface area contributed by atoms with E-state index >= 15 is 0 Å². The summed E-state index contributed by atoms with van der Waals surface area (Å²) in [6.07, 6.45) is 0. The number of ether oxygens (including phenoxy) is 1. The maximum absolute atomic E-state index is 11.7. The number of nitrogens with zero attached hydrogens (tertiary/aromatic N) is 1. The summed E-state index contributed by atoms with van der Waals surface area (Å²) in [5, 5.41) is 0.0748. The number of hydrogen-bond acceptors (Lipinski definition) is 2. The third-order valence-electron chi connectivity index (χ3n) is 2.37. The minimum atomic E-state index is -0.537. The molecule has 5 heteroatoms. The molecule has 0 radical (unpaired) electrons. The normalized spacial score (nSPS) is 12.1. The van der Waals surface area contributed by atoms with Crippen molar-refractivity contribution >= 4 is 29.1 Å². The SMILES string of the molecule is COc1ccc(Cl)cc1CN(C)C(=O)C(C)Cl. The van der Waals surface area contributed by atoms with Crippen LogP contribution in [0.2, 0.25) is 5.02 Å². The van der Waals surface area contributed by atoms with Gasteiger partial charge in [-0.05, 0) is 25.1 Å². The Labute approximate surface area is 111 Å². The van der Waals surface area contributed by atoms with E-state index in [0.717, 1.165) is 5.56 Å². The maximum atomic E-state index is 11.7. The lowest BCUT2D eigenvalue weighted by molar-refractivity contribution is -0.129. The van der Waals surface area contributed by atoms with E-state index in [0.29, 0.717) is 17.3 Å². The van der Waals surface area contributed by atoms with Crippen molar-refractivity contribution in [1.82, 2.24) is 4.90 Å². The number of methoxy groups -OCH3 is 1. The number of alkyl halides is 1. The van der Waals surface area contributed by atoms with Crippen LogP contribution in [0.3, 0.4) is 0 Å². The second kappa shape index (κ2) is 6.12. The first-order valence-electron chi connectivity index (χ1n) is 5.17. The summed E-state index contributed by atoms with van der Waals surface area (Å²) in [6.45, 7) is 2.06. The van der Waals surface area contributed by atoms with Gasteiger partial charge in [0, 0.05) is 24.2 Å². The molecule has 0 N–H and O–H groups in total. The molecule has 0 aromatic heterocycles. The summed E-state index contributed by atoms with van der Waals surface area (Å²) in [6, 6.07) is 5.30. The van der Waals surface area contributed by atoms with E-state index in [1.807, 2.05) is 0 Å². The molecule has 94 valence electrons. The van der Waals surface area contributed by atoms with Gasteiger partial charge < -0.3 is 9.64 Å². The predicted molar refractivity (Wildman–Crippen MR) is 69.8 cm³/mol. The van der Waals surface area contributed by atoms with Crippen molar-refractivity contribution in [3.63, 3.8) is 0 Å². The van der Waals surface area contributed by atoms with E-state index < -0.39 is 5.38 Å². The zero-order valence-corrected chi connectivity index (χ0v) is 11.5. The second-order valence-corrected chi connectivity index (χ2v) is 4.86. The average Bonchev–Trinajstić information content (AvgIpc) is 2.28. The monoisotopic (exact) mass is 275 g/mol. The largest absolute Gasteiger partial charge is 0.496 e. The number of hydrogen-bond donors (Lipinski definition) is 0. The molecule has 0 heterocycles. The highest BCUT2D eigenvalue weighted by molar-refractivity contribution is 6.31. The molecule has 1 rings (SSSR count). The molecule has 17 heavy (non-hydrogen) atoms. The molecule has 1 amide bonds. The summed E-state index contributed by atoms with van der Waals surface area (Å²) >= 11 is 11.7. The topological polar surface area (TPSA) is 29.5 Å². The van der Waals surface area contributed by atoms with E-state index in [4.69, 9.17) is 27.9 Å². The van der Waals surface area contributed by atoms with E-state index in [-0.39, 0.29) is 5.91 Å². The third-order valence-corrected chi connectivity index (χ3v) is 2.79. The number of amides is 1. The van der Waals surface area contributed by atoms with Crippen LogP contribution in [0.5, 0.6) is 5.75 Å². The Morgan fingerprint density at radius 2 is 2.18 bits per heavy atom. The van der Waals surface area contributed by atoms with Crippen LogP contribution in [0.25, 0.3) is 0 Å². The molecular weight excluding hydrogens is 261 g/mol. The fourth-order valence-electron chi connectivity index (χ4n) is 1.51. The fraction of sp³-hybridized carbons (Fsp3) is 0.417. The van der Waals surface area contributed by atoms with E-state index in [9.17, 15) is 4.79 Å². The summed E-state index contributed by atoms with van der Waals surface area (Å²) in [5.41, 5.74) is 0.855. The lowest BCUT2D eigenvalue weighted by Gasteiger charge is -2.20. The van der Waals surface area contributed by atoms with E-state index in [2.05, 4.69) is 0 Å². The Bertz CT molecular complexity index is 407. The van der Waals surface area contributed by atoms with Crippen LogP contribution in [0.1, 0.15) is 12.5 Å². The van der Waals surface area contributed by atoms with Gasteiger partial charge in [0.05, 0.1) is 7.11 Å². The predicted octanol–water partition coefficient (Wildman–Crippen LogP) is 2.93. The first kappa shape index (κ1) is 14.1. The van der Waals surface area contributed by atoms with Crippen molar-refractivity contribution in [2.75, 3.05) is 14.2 Å².